The van der Waals surface area contributed by atoms with Crippen molar-refractivity contribution in [1.82, 2.24) is 10.6 Å². The van der Waals surface area contributed by atoms with Crippen LogP contribution in [0.25, 0.3) is 0 Å². The Morgan fingerprint density at radius 1 is 0.506 bits per heavy atom. The van der Waals surface area contributed by atoms with Gasteiger partial charge >= 0.3 is 11.9 Å². The van der Waals surface area contributed by atoms with Crippen LogP contribution in [0.4, 0.5) is 0 Å². The third kappa shape index (κ3) is 10.6. The molecule has 0 amide bonds. The van der Waals surface area contributed by atoms with Crippen molar-refractivity contribution >= 4 is 46.2 Å². The molecule has 2 fully saturated rings. The monoisotopic (exact) mass is 1170 g/mol. The molecule has 17 heteroatoms. The number of nitrogens with one attached hydrogen (secondary N) is 2. The van der Waals surface area contributed by atoms with Crippen LogP contribution < -0.4 is 10.6 Å². The van der Waals surface area contributed by atoms with Crippen molar-refractivity contribution in [2.45, 2.75) is 121 Å². The van der Waals surface area contributed by atoms with Crippen LogP contribution in [0.1, 0.15) is 121 Å². The van der Waals surface area contributed by atoms with Gasteiger partial charge in [0.2, 0.25) is 0 Å². The van der Waals surface area contributed by atoms with Gasteiger partial charge in [0.05, 0.1) is 94.9 Å². The number of ether oxygens (including phenoxy) is 5. The standard InChI is InChI=1S/C70H78N8O9/c1-13-41-33(3)51-27-59-47(31-83-11)37(7)49(73-59)25-53-35(5)43(67(75-53)45-23-61(79)65-39(9)55(77-69(45)65)29-57(41)71-51)15-17-63(81)86-21-19-85-20-22-87-64(82)18-16-44-36(6)54-26-50-38(8)48(32-84-12)60(74-50)28-52-34(4)42(14-2)58(72-52)30-56-40(10)66-62(80)24-46(68(44)76-54)70(66)78-56/h25-30,35-36,43-44,75-76,79-80H,13-24,31-32H2,1-12H3/t35-,36-,43-,44-/m0/s1. The number of esters is 2. The van der Waals surface area contributed by atoms with Crippen LogP contribution in [0.3, 0.4) is 0 Å². The zero-order valence-electron chi connectivity index (χ0n) is 52.1. The maximum absolute atomic E-state index is 13.5. The molecule has 10 heterocycles. The van der Waals surface area contributed by atoms with Gasteiger partial charge < -0.3 is 44.5 Å². The van der Waals surface area contributed by atoms with Gasteiger partial charge in [-0.05, 0) is 148 Å². The molecule has 0 aromatic carbocycles. The first kappa shape index (κ1) is 59.2. The van der Waals surface area contributed by atoms with E-state index in [2.05, 4.69) is 90.3 Å². The zero-order chi connectivity index (χ0) is 61.3. The third-order valence-electron chi connectivity index (χ3n) is 19.2. The number of carbonyl (C=O) groups is 2. The predicted octanol–water partition coefficient (Wildman–Crippen LogP) is 12.3. The Morgan fingerprint density at radius 2 is 0.874 bits per heavy atom. The van der Waals surface area contributed by atoms with Crippen LogP contribution in [0.15, 0.2) is 213 Å². The lowest BCUT2D eigenvalue weighted by Crippen LogP contribution is -2.18. The molecule has 0 aromatic heterocycles. The Labute approximate surface area is 509 Å². The molecule has 0 spiro atoms. The van der Waals surface area contributed by atoms with E-state index >= 15 is 0 Å². The summed E-state index contributed by atoms with van der Waals surface area (Å²) in [5.41, 5.74) is 27.2. The minimum absolute atomic E-state index is 0.0377. The summed E-state index contributed by atoms with van der Waals surface area (Å²) in [6.07, 6.45) is 15.9. The molecule has 0 aromatic rings. The van der Waals surface area contributed by atoms with Crippen molar-refractivity contribution < 1.29 is 43.5 Å². The van der Waals surface area contributed by atoms with Gasteiger partial charge in [0.25, 0.3) is 0 Å². The summed E-state index contributed by atoms with van der Waals surface area (Å²) in [7, 11) is 3.39. The van der Waals surface area contributed by atoms with E-state index in [1.165, 1.54) is 0 Å². The Balaban J connectivity index is 0.683. The van der Waals surface area contributed by atoms with E-state index < -0.39 is 0 Å². The lowest BCUT2D eigenvalue weighted by atomic mass is 9.86. The topological polar surface area (TPSA) is 219 Å². The highest BCUT2D eigenvalue weighted by atomic mass is 16.6. The Morgan fingerprint density at radius 3 is 1.25 bits per heavy atom. The van der Waals surface area contributed by atoms with Crippen LogP contribution in [0.5, 0.6) is 0 Å². The number of allylic oxidation sites excluding steroid dienone is 22. The minimum Gasteiger partial charge on any atom is -0.511 e. The largest absolute Gasteiger partial charge is 0.511 e. The maximum Gasteiger partial charge on any atom is 0.305 e. The molecule has 4 N–H and O–H groups in total. The molecule has 4 atom stereocenters. The summed E-state index contributed by atoms with van der Waals surface area (Å²) in [4.78, 5) is 58.0. The van der Waals surface area contributed by atoms with E-state index in [0.29, 0.717) is 38.9 Å². The molecule has 0 saturated carbocycles. The van der Waals surface area contributed by atoms with E-state index in [1.54, 1.807) is 14.2 Å². The number of rotatable bonds is 18. The second-order valence-electron chi connectivity index (χ2n) is 24.2. The number of aliphatic hydroxyl groups is 2. The van der Waals surface area contributed by atoms with E-state index in [1.807, 2.05) is 26.0 Å². The fourth-order valence-corrected chi connectivity index (χ4v) is 14.2. The van der Waals surface area contributed by atoms with Crippen LogP contribution in [0.2, 0.25) is 0 Å². The normalized spacial score (nSPS) is 24.5. The highest BCUT2D eigenvalue weighted by Gasteiger charge is 2.44. The van der Waals surface area contributed by atoms with Crippen molar-refractivity contribution in [3.8, 4) is 0 Å². The van der Waals surface area contributed by atoms with E-state index in [-0.39, 0.29) is 86.4 Å². The first-order chi connectivity index (χ1) is 41.9. The molecule has 16 bridgehead atoms. The lowest BCUT2D eigenvalue weighted by Gasteiger charge is -2.18. The average molecular weight is 1180 g/mol. The number of aliphatic imine (C=N–C) groups is 6. The number of methoxy groups -OCH3 is 2. The molecule has 17 nitrogen and oxygen atoms in total. The number of hydrogen-bond acceptors (Lipinski definition) is 17. The number of carbonyl (C=O) groups excluding carboxylic acids is 2. The molecular weight excluding hydrogens is 1100 g/mol. The number of fused-ring (bicyclic) bond motifs is 10. The molecule has 12 rings (SSSR count). The highest BCUT2D eigenvalue weighted by molar-refractivity contribution is 6.22. The molecule has 2 aliphatic carbocycles. The number of hydrogen-bond donors (Lipinski definition) is 4. The Hall–Kier alpha value is -8.12. The highest BCUT2D eigenvalue weighted by Crippen LogP contribution is 2.49. The fourth-order valence-electron chi connectivity index (χ4n) is 14.2. The molecule has 452 valence electrons. The summed E-state index contributed by atoms with van der Waals surface area (Å²) in [5, 5.41) is 30.7. The third-order valence-corrected chi connectivity index (χ3v) is 19.2. The van der Waals surface area contributed by atoms with Gasteiger partial charge in [0.15, 0.2) is 0 Å². The SMILES string of the molecule is CCC1=C(C)C2=NC1=CC1=C(C)C3=C(O)CC(=C4NC(=CC5=NC(=C2)C(COC)=C5C)[C@@H](C)[C@@H]4CCC(=O)OCCOCCOC(=O)CC[C@@H]2C4=C5CC(O)=C6C5=NC(=C6C)C=C5N=C(C=C6N=C(C=C(N4)[C@H]2C)C(C)=C6COC)C(C)=C5CC)C3=N1. The smallest absolute Gasteiger partial charge is 0.305 e. The summed E-state index contributed by atoms with van der Waals surface area (Å²) in [5.74, 6) is -0.456. The van der Waals surface area contributed by atoms with E-state index in [9.17, 15) is 19.8 Å². The second kappa shape index (κ2) is 23.9. The summed E-state index contributed by atoms with van der Waals surface area (Å²) < 4.78 is 28.6. The lowest BCUT2D eigenvalue weighted by molar-refractivity contribution is -0.147. The van der Waals surface area contributed by atoms with Crippen molar-refractivity contribution in [1.29, 1.82) is 0 Å². The molecule has 0 unspecified atom stereocenters. The predicted molar refractivity (Wildman–Crippen MR) is 339 cm³/mol. The Bertz CT molecular complexity index is 3670. The van der Waals surface area contributed by atoms with Gasteiger partial charge in [-0.15, -0.1) is 0 Å². The molecule has 12 aliphatic rings. The van der Waals surface area contributed by atoms with Gasteiger partial charge in [-0.25, -0.2) is 30.0 Å². The molecule has 87 heavy (non-hydrogen) atoms. The van der Waals surface area contributed by atoms with Crippen LogP contribution in [0, 0.1) is 23.7 Å². The van der Waals surface area contributed by atoms with Crippen molar-refractivity contribution in [3.05, 3.63) is 183 Å². The fraction of sp³-hybridized carbons (Fsp3) is 0.429. The minimum atomic E-state index is -0.351. The van der Waals surface area contributed by atoms with Crippen molar-refractivity contribution in [2.75, 3.05) is 53.9 Å². The van der Waals surface area contributed by atoms with Crippen molar-refractivity contribution in [3.63, 3.8) is 0 Å². The van der Waals surface area contributed by atoms with Gasteiger partial charge in [-0.3, -0.25) is 9.59 Å². The summed E-state index contributed by atoms with van der Waals surface area (Å²) in [6.45, 7) is 22.1. The first-order valence-corrected chi connectivity index (χ1v) is 30.7. The van der Waals surface area contributed by atoms with Gasteiger partial charge in [-0.2, -0.15) is 0 Å². The van der Waals surface area contributed by atoms with Gasteiger partial charge in [-0.1, -0.05) is 27.7 Å². The zero-order valence-corrected chi connectivity index (χ0v) is 52.1. The molecule has 2 saturated heterocycles. The van der Waals surface area contributed by atoms with E-state index in [0.717, 1.165) is 182 Å². The number of aliphatic hydroxyl groups excluding tert-OH is 2. The van der Waals surface area contributed by atoms with Crippen LogP contribution in [-0.4, -0.2) is 110 Å². The number of nitrogens with zero attached hydrogens (tertiary/aromatic N) is 6. The van der Waals surface area contributed by atoms with Crippen LogP contribution in [-0.2, 0) is 33.3 Å². The van der Waals surface area contributed by atoms with Crippen LogP contribution >= 0.6 is 0 Å². The molecular formula is C70H78N8O9. The maximum atomic E-state index is 13.5. The van der Waals surface area contributed by atoms with Crippen molar-refractivity contribution in [2.24, 2.45) is 53.6 Å². The van der Waals surface area contributed by atoms with Gasteiger partial charge in [0.1, 0.15) is 24.7 Å². The quantitative estimate of drug-likeness (QED) is 0.0747. The molecule has 0 radical (unpaired) electrons. The van der Waals surface area contributed by atoms with Gasteiger partial charge in [0, 0.05) is 120 Å². The summed E-state index contributed by atoms with van der Waals surface area (Å²) in [6, 6.07) is 0. The first-order valence-electron chi connectivity index (χ1n) is 30.7. The summed E-state index contributed by atoms with van der Waals surface area (Å²) >= 11 is 0. The van der Waals surface area contributed by atoms with E-state index in [4.69, 9.17) is 53.6 Å². The molecule has 10 aliphatic heterocycles. The second-order valence-corrected chi connectivity index (χ2v) is 24.2. The Kier molecular flexibility index (Phi) is 16.2. The average Bonchev–Trinajstić information content (AvgIpc) is 2.03.